The molecule has 0 aromatic heterocycles. The zero-order chi connectivity index (χ0) is 19.6. The highest BCUT2D eigenvalue weighted by molar-refractivity contribution is 6.30. The van der Waals surface area contributed by atoms with E-state index in [0.29, 0.717) is 11.6 Å². The molecule has 2 bridgehead atoms. The number of hydrogen-bond donors (Lipinski definition) is 0. The van der Waals surface area contributed by atoms with Gasteiger partial charge < -0.3 is 4.74 Å². The molecule has 0 saturated carbocycles. The summed E-state index contributed by atoms with van der Waals surface area (Å²) in [5.41, 5.74) is 9.76. The maximum atomic E-state index is 6.32. The highest BCUT2D eigenvalue weighted by atomic mass is 35.5. The lowest BCUT2D eigenvalue weighted by Gasteiger charge is -2.32. The average Bonchev–Trinajstić information content (AvgIpc) is 2.78. The molecule has 0 fully saturated rings. The lowest BCUT2D eigenvalue weighted by molar-refractivity contribution is 0.263. The topological polar surface area (TPSA) is 9.23 Å². The molecule has 1 aromatic carbocycles. The van der Waals surface area contributed by atoms with Gasteiger partial charge in [0.1, 0.15) is 12.4 Å². The molecule has 0 spiro atoms. The molecule has 1 heterocycles. The minimum absolute atomic E-state index is 0.144. The Balaban J connectivity index is 0.00000102. The van der Waals surface area contributed by atoms with Gasteiger partial charge in [0.15, 0.2) is 0 Å². The largest absolute Gasteiger partial charge is 0.488 e. The van der Waals surface area contributed by atoms with E-state index in [0.717, 1.165) is 33.6 Å². The summed E-state index contributed by atoms with van der Waals surface area (Å²) in [7, 11) is 0. The second kappa shape index (κ2) is 7.64. The van der Waals surface area contributed by atoms with Gasteiger partial charge in [0.25, 0.3) is 0 Å². The van der Waals surface area contributed by atoms with Crippen LogP contribution in [0.2, 0.25) is 5.02 Å². The van der Waals surface area contributed by atoms with Crippen molar-refractivity contribution in [1.29, 1.82) is 0 Å². The standard InChI is InChI=1S/C23H19ClO.C2H6/c1-15-7-5-4-6-12-25-22-18(15)10-8-16-13-20(22)19-14-17(24)9-11-21(19)23(16,2)3;1-2/h4-11,14H,1,12H2,2-3H3;1-2H3/b6-4-,7-5-;. The predicted octanol–water partition coefficient (Wildman–Crippen LogP) is 7.09. The molecule has 4 rings (SSSR count). The fourth-order valence-electron chi connectivity index (χ4n) is 3.51. The number of fused-ring (bicyclic) bond motifs is 3. The van der Waals surface area contributed by atoms with Gasteiger partial charge in [-0.25, -0.2) is 0 Å². The summed E-state index contributed by atoms with van der Waals surface area (Å²) in [6.07, 6.45) is 12.2. The molecule has 27 heavy (non-hydrogen) atoms. The van der Waals surface area contributed by atoms with Gasteiger partial charge in [-0.1, -0.05) is 70.2 Å². The van der Waals surface area contributed by atoms with E-state index in [4.69, 9.17) is 16.3 Å². The molecule has 138 valence electrons. The summed E-state index contributed by atoms with van der Waals surface area (Å²) < 4.78 is 6.15. The van der Waals surface area contributed by atoms with Crippen molar-refractivity contribution in [3.8, 4) is 0 Å². The SMILES string of the molecule is C=C1/C=C\C=C/COC2=C1C=CC1=C=C2c2cc(Cl)ccc2C1(C)C.CC. The minimum Gasteiger partial charge on any atom is -0.488 e. The van der Waals surface area contributed by atoms with E-state index in [1.165, 1.54) is 5.56 Å². The van der Waals surface area contributed by atoms with Crippen LogP contribution in [-0.2, 0) is 10.2 Å². The molecular weight excluding hydrogens is 352 g/mol. The van der Waals surface area contributed by atoms with Crippen LogP contribution in [0.25, 0.3) is 5.57 Å². The van der Waals surface area contributed by atoms with Crippen LogP contribution in [0.3, 0.4) is 0 Å². The second-order valence-electron chi connectivity index (χ2n) is 6.93. The van der Waals surface area contributed by atoms with Gasteiger partial charge in [-0.3, -0.25) is 0 Å². The van der Waals surface area contributed by atoms with Crippen LogP contribution in [-0.4, -0.2) is 6.61 Å². The van der Waals surface area contributed by atoms with Crippen LogP contribution in [0.5, 0.6) is 0 Å². The third-order valence-corrected chi connectivity index (χ3v) is 5.20. The van der Waals surface area contributed by atoms with E-state index < -0.39 is 0 Å². The monoisotopic (exact) mass is 376 g/mol. The fraction of sp³-hybridized carbons (Fsp3) is 0.240. The summed E-state index contributed by atoms with van der Waals surface area (Å²) in [6, 6.07) is 6.08. The highest BCUT2D eigenvalue weighted by Gasteiger charge is 2.34. The van der Waals surface area contributed by atoms with E-state index in [1.54, 1.807) is 0 Å². The lowest BCUT2D eigenvalue weighted by Crippen LogP contribution is -2.23. The second-order valence-corrected chi connectivity index (χ2v) is 7.36. The van der Waals surface area contributed by atoms with E-state index in [2.05, 4.69) is 44.4 Å². The maximum Gasteiger partial charge on any atom is 0.143 e. The molecule has 1 aliphatic heterocycles. The number of benzene rings is 1. The summed E-state index contributed by atoms with van der Waals surface area (Å²) in [5, 5.41) is 0.716. The van der Waals surface area contributed by atoms with Gasteiger partial charge >= 0.3 is 0 Å². The fourth-order valence-corrected chi connectivity index (χ4v) is 3.68. The molecule has 3 aliphatic rings. The van der Waals surface area contributed by atoms with Crippen molar-refractivity contribution in [1.82, 2.24) is 0 Å². The first kappa shape index (κ1) is 19.3. The van der Waals surface area contributed by atoms with Crippen molar-refractivity contribution in [3.63, 3.8) is 0 Å². The van der Waals surface area contributed by atoms with Crippen molar-refractivity contribution in [3.05, 3.63) is 106 Å². The Bertz CT molecular complexity index is 974. The van der Waals surface area contributed by atoms with Gasteiger partial charge in [0, 0.05) is 21.6 Å². The molecule has 1 nitrogen and oxygen atoms in total. The number of allylic oxidation sites excluding steroid dienone is 8. The average molecular weight is 377 g/mol. The van der Waals surface area contributed by atoms with Crippen LogP contribution in [0.4, 0.5) is 0 Å². The van der Waals surface area contributed by atoms with Gasteiger partial charge in [0.05, 0.1) is 5.57 Å². The third-order valence-electron chi connectivity index (χ3n) is 4.96. The first-order chi connectivity index (χ1) is 13.0. The zero-order valence-corrected chi connectivity index (χ0v) is 17.2. The Labute approximate surface area is 167 Å². The van der Waals surface area contributed by atoms with Gasteiger partial charge in [-0.05, 0) is 47.1 Å². The molecule has 0 unspecified atom stereocenters. The van der Waals surface area contributed by atoms with E-state index in [1.807, 2.05) is 50.3 Å². The molecule has 2 aliphatic carbocycles. The van der Waals surface area contributed by atoms with Crippen molar-refractivity contribution in [2.24, 2.45) is 0 Å². The number of halogens is 1. The molecule has 1 aromatic rings. The number of rotatable bonds is 0. The van der Waals surface area contributed by atoms with Crippen LogP contribution in [0.15, 0.2) is 89.4 Å². The Morgan fingerprint density at radius 2 is 1.89 bits per heavy atom. The maximum absolute atomic E-state index is 6.32. The van der Waals surface area contributed by atoms with Gasteiger partial charge in [-0.2, -0.15) is 0 Å². The van der Waals surface area contributed by atoms with Crippen molar-refractivity contribution >= 4 is 17.2 Å². The van der Waals surface area contributed by atoms with Crippen molar-refractivity contribution < 1.29 is 4.74 Å². The van der Waals surface area contributed by atoms with Crippen LogP contribution < -0.4 is 0 Å². The van der Waals surface area contributed by atoms with E-state index >= 15 is 0 Å². The molecule has 0 saturated heterocycles. The third kappa shape index (κ3) is 3.41. The summed E-state index contributed by atoms with van der Waals surface area (Å²) in [6.45, 7) is 13.2. The van der Waals surface area contributed by atoms with Gasteiger partial charge in [0.2, 0.25) is 0 Å². The number of ether oxygens (including phenoxy) is 1. The van der Waals surface area contributed by atoms with E-state index in [9.17, 15) is 0 Å². The lowest BCUT2D eigenvalue weighted by atomic mass is 9.72. The smallest absolute Gasteiger partial charge is 0.143 e. The quantitative estimate of drug-likeness (QED) is 0.439. The molecule has 0 radical (unpaired) electrons. The first-order valence-electron chi connectivity index (χ1n) is 9.38. The summed E-state index contributed by atoms with van der Waals surface area (Å²) in [4.78, 5) is 0. The van der Waals surface area contributed by atoms with Gasteiger partial charge in [-0.15, -0.1) is 5.73 Å². The van der Waals surface area contributed by atoms with Crippen LogP contribution >= 0.6 is 11.6 Å². The Hall–Kier alpha value is -2.47. The Kier molecular flexibility index (Phi) is 5.46. The predicted molar refractivity (Wildman–Crippen MR) is 116 cm³/mol. The summed E-state index contributed by atoms with van der Waals surface area (Å²) >= 11 is 6.32. The van der Waals surface area contributed by atoms with Crippen molar-refractivity contribution in [2.45, 2.75) is 33.1 Å². The van der Waals surface area contributed by atoms with Crippen LogP contribution in [0.1, 0.15) is 38.8 Å². The first-order valence-corrected chi connectivity index (χ1v) is 9.76. The zero-order valence-electron chi connectivity index (χ0n) is 16.4. The number of hydrogen-bond acceptors (Lipinski definition) is 1. The molecule has 0 atom stereocenters. The minimum atomic E-state index is -0.144. The molecule has 0 N–H and O–H groups in total. The Morgan fingerprint density at radius 3 is 2.67 bits per heavy atom. The molecule has 0 amide bonds. The van der Waals surface area contributed by atoms with Crippen LogP contribution in [0, 0.1) is 0 Å². The highest BCUT2D eigenvalue weighted by Crippen LogP contribution is 2.46. The van der Waals surface area contributed by atoms with Crippen molar-refractivity contribution in [2.75, 3.05) is 6.61 Å². The van der Waals surface area contributed by atoms with E-state index in [-0.39, 0.29) is 5.41 Å². The molecule has 2 heteroatoms. The Morgan fingerprint density at radius 1 is 1.11 bits per heavy atom. The summed E-state index contributed by atoms with van der Waals surface area (Å²) in [5.74, 6) is 0.812. The molecular formula is C25H25ClO. The normalized spacial score (nSPS) is 21.4.